The fourth-order valence-electron chi connectivity index (χ4n) is 0.845. The third-order valence-corrected chi connectivity index (χ3v) is 1.48. The molecule has 0 atom stereocenters. The van der Waals surface area contributed by atoms with Gasteiger partial charge in [-0.1, -0.05) is 0 Å². The van der Waals surface area contributed by atoms with Crippen molar-refractivity contribution in [3.63, 3.8) is 0 Å². The molecular formula is C7H16N4O2. The van der Waals surface area contributed by atoms with Crippen molar-refractivity contribution in [2.75, 3.05) is 7.05 Å². The van der Waals surface area contributed by atoms with E-state index in [2.05, 4.69) is 10.9 Å². The van der Waals surface area contributed by atoms with Gasteiger partial charge in [-0.2, -0.15) is 0 Å². The number of unbranched alkanes of at least 4 members (excludes halogenated alkanes) is 1. The second-order valence-corrected chi connectivity index (χ2v) is 2.57. The number of nitrogens with one attached hydrogen (secondary N) is 3. The Kier molecular flexibility index (Phi) is 6.85. The van der Waals surface area contributed by atoms with Crippen molar-refractivity contribution in [1.82, 2.24) is 16.3 Å². The molecule has 2 amide bonds. The number of amides is 2. The molecule has 0 saturated carbocycles. The van der Waals surface area contributed by atoms with Gasteiger partial charge in [0.05, 0.1) is 0 Å². The van der Waals surface area contributed by atoms with Crippen LogP contribution in [0.1, 0.15) is 25.7 Å². The third-order valence-electron chi connectivity index (χ3n) is 1.48. The highest BCUT2D eigenvalue weighted by molar-refractivity contribution is 5.76. The maximum absolute atomic E-state index is 10.9. The molecule has 0 bridgehead atoms. The van der Waals surface area contributed by atoms with E-state index in [4.69, 9.17) is 5.84 Å². The highest BCUT2D eigenvalue weighted by atomic mass is 16.2. The number of nitrogens with two attached hydrogens (primary N) is 1. The van der Waals surface area contributed by atoms with E-state index in [1.54, 1.807) is 7.05 Å². The molecule has 0 unspecified atom stereocenters. The Morgan fingerprint density at radius 2 is 1.69 bits per heavy atom. The molecule has 0 aliphatic carbocycles. The summed E-state index contributed by atoms with van der Waals surface area (Å²) >= 11 is 0. The summed E-state index contributed by atoms with van der Waals surface area (Å²) < 4.78 is 0. The van der Waals surface area contributed by atoms with Crippen molar-refractivity contribution < 1.29 is 9.59 Å². The van der Waals surface area contributed by atoms with E-state index in [0.717, 1.165) is 0 Å². The first-order valence-electron chi connectivity index (χ1n) is 4.15. The summed E-state index contributed by atoms with van der Waals surface area (Å²) in [7, 11) is 1.62. The van der Waals surface area contributed by atoms with E-state index in [1.807, 2.05) is 5.43 Å². The molecule has 76 valence electrons. The quantitative estimate of drug-likeness (QED) is 0.182. The molecule has 0 rings (SSSR count). The number of rotatable bonds is 6. The molecule has 0 aromatic carbocycles. The number of hydrazine groups is 2. The number of carbonyl (C=O) groups excluding carboxylic acids is 2. The van der Waals surface area contributed by atoms with Gasteiger partial charge < -0.3 is 0 Å². The minimum absolute atomic E-state index is 0.0735. The summed E-state index contributed by atoms with van der Waals surface area (Å²) in [5.41, 5.74) is 6.99. The van der Waals surface area contributed by atoms with Crippen LogP contribution in [0, 0.1) is 0 Å². The van der Waals surface area contributed by atoms with E-state index in [0.29, 0.717) is 25.7 Å². The van der Waals surface area contributed by atoms with Crippen LogP contribution in [0.25, 0.3) is 0 Å². The first kappa shape index (κ1) is 11.9. The SMILES string of the molecule is CNNC(=O)CCCCC(=O)NN. The van der Waals surface area contributed by atoms with E-state index in [1.165, 1.54) is 0 Å². The van der Waals surface area contributed by atoms with E-state index >= 15 is 0 Å². The molecule has 0 aliphatic rings. The number of carbonyl (C=O) groups is 2. The first-order chi connectivity index (χ1) is 6.20. The van der Waals surface area contributed by atoms with Gasteiger partial charge in [0.1, 0.15) is 0 Å². The van der Waals surface area contributed by atoms with Gasteiger partial charge in [0.2, 0.25) is 11.8 Å². The summed E-state index contributed by atoms with van der Waals surface area (Å²) in [6.45, 7) is 0. The molecule has 0 radical (unpaired) electrons. The van der Waals surface area contributed by atoms with Gasteiger partial charge in [0.15, 0.2) is 0 Å². The summed E-state index contributed by atoms with van der Waals surface area (Å²) in [5, 5.41) is 0. The van der Waals surface area contributed by atoms with Crippen molar-refractivity contribution >= 4 is 11.8 Å². The lowest BCUT2D eigenvalue weighted by Gasteiger charge is -2.02. The lowest BCUT2D eigenvalue weighted by Crippen LogP contribution is -2.34. The minimum Gasteiger partial charge on any atom is -0.294 e. The predicted molar refractivity (Wildman–Crippen MR) is 48.0 cm³/mol. The predicted octanol–water partition coefficient (Wildman–Crippen LogP) is -1.21. The zero-order valence-electron chi connectivity index (χ0n) is 7.72. The zero-order valence-corrected chi connectivity index (χ0v) is 7.72. The Morgan fingerprint density at radius 1 is 1.15 bits per heavy atom. The second kappa shape index (κ2) is 7.51. The van der Waals surface area contributed by atoms with Crippen LogP contribution in [0.2, 0.25) is 0 Å². The molecular weight excluding hydrogens is 172 g/mol. The molecule has 6 nitrogen and oxygen atoms in total. The molecule has 0 saturated heterocycles. The number of hydrogen-bond acceptors (Lipinski definition) is 4. The van der Waals surface area contributed by atoms with Crippen LogP contribution in [0.15, 0.2) is 0 Å². The normalized spacial score (nSPS) is 9.38. The molecule has 0 aromatic rings. The Hall–Kier alpha value is -1.14. The molecule has 6 heteroatoms. The summed E-state index contributed by atoms with van der Waals surface area (Å²) in [5.74, 6) is 4.60. The monoisotopic (exact) mass is 188 g/mol. The van der Waals surface area contributed by atoms with Crippen LogP contribution in [0.4, 0.5) is 0 Å². The Labute approximate surface area is 77.2 Å². The van der Waals surface area contributed by atoms with Crippen LogP contribution in [-0.2, 0) is 9.59 Å². The number of hydrogen-bond donors (Lipinski definition) is 4. The summed E-state index contributed by atoms with van der Waals surface area (Å²) in [6, 6.07) is 0. The van der Waals surface area contributed by atoms with Gasteiger partial charge in [-0.3, -0.25) is 20.4 Å². The minimum atomic E-state index is -0.200. The van der Waals surface area contributed by atoms with Crippen molar-refractivity contribution in [2.45, 2.75) is 25.7 Å². The van der Waals surface area contributed by atoms with Crippen LogP contribution in [-0.4, -0.2) is 18.9 Å². The molecule has 0 fully saturated rings. The van der Waals surface area contributed by atoms with Crippen molar-refractivity contribution in [3.8, 4) is 0 Å². The molecule has 5 N–H and O–H groups in total. The van der Waals surface area contributed by atoms with E-state index < -0.39 is 0 Å². The van der Waals surface area contributed by atoms with Gasteiger partial charge >= 0.3 is 0 Å². The van der Waals surface area contributed by atoms with Gasteiger partial charge in [-0.25, -0.2) is 11.3 Å². The topological polar surface area (TPSA) is 96.2 Å². The van der Waals surface area contributed by atoms with Crippen LogP contribution in [0.5, 0.6) is 0 Å². The van der Waals surface area contributed by atoms with Crippen molar-refractivity contribution in [2.24, 2.45) is 5.84 Å². The zero-order chi connectivity index (χ0) is 10.1. The summed E-state index contributed by atoms with van der Waals surface area (Å²) in [6.07, 6.45) is 2.13. The van der Waals surface area contributed by atoms with E-state index in [-0.39, 0.29) is 11.8 Å². The van der Waals surface area contributed by atoms with Crippen LogP contribution < -0.4 is 22.1 Å². The van der Waals surface area contributed by atoms with Crippen LogP contribution in [0.3, 0.4) is 0 Å². The molecule has 13 heavy (non-hydrogen) atoms. The van der Waals surface area contributed by atoms with Crippen molar-refractivity contribution in [1.29, 1.82) is 0 Å². The largest absolute Gasteiger partial charge is 0.294 e. The van der Waals surface area contributed by atoms with Crippen molar-refractivity contribution in [3.05, 3.63) is 0 Å². The maximum atomic E-state index is 10.9. The lowest BCUT2D eigenvalue weighted by atomic mass is 10.2. The smallest absolute Gasteiger partial charge is 0.234 e. The lowest BCUT2D eigenvalue weighted by molar-refractivity contribution is -0.123. The highest BCUT2D eigenvalue weighted by Gasteiger charge is 2.01. The van der Waals surface area contributed by atoms with Crippen LogP contribution >= 0.6 is 0 Å². The van der Waals surface area contributed by atoms with Gasteiger partial charge in [-0.15, -0.1) is 0 Å². The third kappa shape index (κ3) is 7.23. The highest BCUT2D eigenvalue weighted by Crippen LogP contribution is 1.98. The first-order valence-corrected chi connectivity index (χ1v) is 4.15. The average Bonchev–Trinajstić information content (AvgIpc) is 2.12. The standard InChI is InChI=1S/C7H16N4O2/c1-9-11-7(13)5-3-2-4-6(12)10-8/h9H,2-5,8H2,1H3,(H,10,12)(H,11,13). The Bertz CT molecular complexity index is 172. The molecule has 0 aliphatic heterocycles. The summed E-state index contributed by atoms with van der Waals surface area (Å²) in [4.78, 5) is 21.5. The fourth-order valence-corrected chi connectivity index (χ4v) is 0.845. The molecule has 0 spiro atoms. The van der Waals surface area contributed by atoms with Gasteiger partial charge in [0.25, 0.3) is 0 Å². The van der Waals surface area contributed by atoms with Gasteiger partial charge in [0, 0.05) is 19.9 Å². The maximum Gasteiger partial charge on any atom is 0.234 e. The second-order valence-electron chi connectivity index (χ2n) is 2.57. The van der Waals surface area contributed by atoms with E-state index in [9.17, 15) is 9.59 Å². The molecule has 0 aromatic heterocycles. The Morgan fingerprint density at radius 3 is 2.15 bits per heavy atom. The fraction of sp³-hybridized carbons (Fsp3) is 0.714. The Balaban J connectivity index is 3.25. The van der Waals surface area contributed by atoms with Gasteiger partial charge in [-0.05, 0) is 12.8 Å². The molecule has 0 heterocycles. The average molecular weight is 188 g/mol.